The lowest BCUT2D eigenvalue weighted by molar-refractivity contribution is 0.190. The topological polar surface area (TPSA) is 55.5 Å². The smallest absolute Gasteiger partial charge is 0.133 e. The highest BCUT2D eigenvalue weighted by Crippen LogP contribution is 2.34. The molecule has 3 aromatic rings. The summed E-state index contributed by atoms with van der Waals surface area (Å²) in [5.74, 6) is 0.708. The molecule has 1 heterocycles. The number of nitrogens with zero attached hydrogens (tertiary/aromatic N) is 1. The van der Waals surface area contributed by atoms with Crippen molar-refractivity contribution in [2.45, 2.75) is 19.6 Å². The normalized spacial score (nSPS) is 12.5. The molecule has 2 aromatic carbocycles. The van der Waals surface area contributed by atoms with E-state index in [1.54, 1.807) is 19.4 Å². The lowest BCUT2D eigenvalue weighted by Gasteiger charge is -2.15. The van der Waals surface area contributed by atoms with Gasteiger partial charge in [-0.1, -0.05) is 41.6 Å². The molecule has 0 unspecified atom stereocenters. The summed E-state index contributed by atoms with van der Waals surface area (Å²) >= 11 is 0. The van der Waals surface area contributed by atoms with Crippen LogP contribution in [0.5, 0.6) is 5.75 Å². The van der Waals surface area contributed by atoms with Gasteiger partial charge in [-0.15, -0.1) is 0 Å². The Labute approximate surface area is 116 Å². The Hall–Kier alpha value is -2.33. The lowest BCUT2D eigenvalue weighted by atomic mass is 10.0. The Morgan fingerprint density at radius 3 is 2.85 bits per heavy atom. The number of fused-ring (bicyclic) bond motifs is 1. The van der Waals surface area contributed by atoms with Gasteiger partial charge in [0.05, 0.1) is 12.3 Å². The predicted octanol–water partition coefficient (Wildman–Crippen LogP) is 3.46. The van der Waals surface area contributed by atoms with Gasteiger partial charge in [0.2, 0.25) is 0 Å². The zero-order valence-electron chi connectivity index (χ0n) is 11.1. The van der Waals surface area contributed by atoms with E-state index in [0.717, 1.165) is 21.9 Å². The predicted molar refractivity (Wildman–Crippen MR) is 75.4 cm³/mol. The monoisotopic (exact) mass is 269 g/mol. The molecule has 4 nitrogen and oxygen atoms in total. The van der Waals surface area contributed by atoms with Crippen LogP contribution in [0.1, 0.15) is 24.2 Å². The Kier molecular flexibility index (Phi) is 3.39. The molecule has 0 spiro atoms. The fourth-order valence-electron chi connectivity index (χ4n) is 2.20. The molecular weight excluding hydrogens is 254 g/mol. The maximum atomic E-state index is 9.91. The van der Waals surface area contributed by atoms with Crippen molar-refractivity contribution in [3.63, 3.8) is 0 Å². The van der Waals surface area contributed by atoms with E-state index in [1.165, 1.54) is 0 Å². The first-order chi connectivity index (χ1) is 9.75. The van der Waals surface area contributed by atoms with Gasteiger partial charge in [0, 0.05) is 16.5 Å². The molecule has 20 heavy (non-hydrogen) atoms. The third-order valence-corrected chi connectivity index (χ3v) is 3.23. The van der Waals surface area contributed by atoms with E-state index in [1.807, 2.05) is 36.4 Å². The average Bonchev–Trinajstić information content (AvgIpc) is 2.97. The van der Waals surface area contributed by atoms with Gasteiger partial charge in [-0.2, -0.15) is 0 Å². The van der Waals surface area contributed by atoms with Crippen LogP contribution >= 0.6 is 0 Å². The molecule has 0 bridgehead atoms. The minimum atomic E-state index is -0.586. The molecule has 0 amide bonds. The molecule has 3 rings (SSSR count). The van der Waals surface area contributed by atoms with Crippen molar-refractivity contribution in [3.8, 4) is 5.75 Å². The third kappa shape index (κ3) is 2.38. The van der Waals surface area contributed by atoms with Crippen LogP contribution in [-0.2, 0) is 6.61 Å². The number of ether oxygens (including phenoxy) is 1. The zero-order chi connectivity index (χ0) is 13.9. The summed E-state index contributed by atoms with van der Waals surface area (Å²) in [7, 11) is 0. The maximum Gasteiger partial charge on any atom is 0.133 e. The van der Waals surface area contributed by atoms with E-state index in [9.17, 15) is 5.11 Å². The maximum absolute atomic E-state index is 9.91. The van der Waals surface area contributed by atoms with E-state index in [4.69, 9.17) is 9.26 Å². The number of aromatic nitrogens is 1. The van der Waals surface area contributed by atoms with E-state index in [-0.39, 0.29) is 0 Å². The van der Waals surface area contributed by atoms with Crippen molar-refractivity contribution < 1.29 is 14.4 Å². The SMILES string of the molecule is C[C@H](O)c1ccc2ccccc2c1OCc1cnoc1. The van der Waals surface area contributed by atoms with Gasteiger partial charge in [0.25, 0.3) is 0 Å². The standard InChI is InChI=1S/C16H15NO3/c1-11(18)14-7-6-13-4-2-3-5-15(13)16(14)19-9-12-8-17-20-10-12/h2-8,10-11,18H,9H2,1H3/t11-/m0/s1. The van der Waals surface area contributed by atoms with E-state index >= 15 is 0 Å². The van der Waals surface area contributed by atoms with Crippen LogP contribution < -0.4 is 4.74 Å². The molecule has 0 aliphatic rings. The minimum Gasteiger partial charge on any atom is -0.488 e. The molecule has 0 saturated carbocycles. The Balaban J connectivity index is 2.03. The van der Waals surface area contributed by atoms with Crippen molar-refractivity contribution >= 4 is 10.8 Å². The van der Waals surface area contributed by atoms with E-state index < -0.39 is 6.10 Å². The van der Waals surface area contributed by atoms with Gasteiger partial charge in [-0.25, -0.2) is 0 Å². The Morgan fingerprint density at radius 1 is 1.25 bits per heavy atom. The van der Waals surface area contributed by atoms with Crippen molar-refractivity contribution in [2.24, 2.45) is 0 Å². The first-order valence-corrected chi connectivity index (χ1v) is 6.46. The molecular formula is C16H15NO3. The van der Waals surface area contributed by atoms with Crippen LogP contribution in [0, 0.1) is 0 Å². The largest absolute Gasteiger partial charge is 0.488 e. The summed E-state index contributed by atoms with van der Waals surface area (Å²) in [5.41, 5.74) is 1.63. The van der Waals surface area contributed by atoms with Crippen molar-refractivity contribution in [1.82, 2.24) is 5.16 Å². The van der Waals surface area contributed by atoms with Crippen molar-refractivity contribution in [2.75, 3.05) is 0 Å². The van der Waals surface area contributed by atoms with Gasteiger partial charge in [0.15, 0.2) is 0 Å². The van der Waals surface area contributed by atoms with Crippen LogP contribution in [0.15, 0.2) is 53.4 Å². The summed E-state index contributed by atoms with van der Waals surface area (Å²) in [4.78, 5) is 0. The second kappa shape index (κ2) is 5.35. The van der Waals surface area contributed by atoms with E-state index in [0.29, 0.717) is 12.4 Å². The number of aliphatic hydroxyl groups is 1. The van der Waals surface area contributed by atoms with Gasteiger partial charge < -0.3 is 14.4 Å². The molecule has 1 aromatic heterocycles. The summed E-state index contributed by atoms with van der Waals surface area (Å²) < 4.78 is 10.7. The fourth-order valence-corrected chi connectivity index (χ4v) is 2.20. The third-order valence-electron chi connectivity index (χ3n) is 3.23. The molecule has 0 radical (unpaired) electrons. The van der Waals surface area contributed by atoms with Crippen LogP contribution in [0.4, 0.5) is 0 Å². The molecule has 102 valence electrons. The highest BCUT2D eigenvalue weighted by molar-refractivity contribution is 5.89. The molecule has 4 heteroatoms. The summed E-state index contributed by atoms with van der Waals surface area (Å²) in [6, 6.07) is 11.8. The highest BCUT2D eigenvalue weighted by atomic mass is 16.5. The lowest BCUT2D eigenvalue weighted by Crippen LogP contribution is -2.01. The first-order valence-electron chi connectivity index (χ1n) is 6.46. The van der Waals surface area contributed by atoms with Gasteiger partial charge in [-0.3, -0.25) is 0 Å². The number of benzene rings is 2. The zero-order valence-corrected chi connectivity index (χ0v) is 11.1. The first kappa shape index (κ1) is 12.7. The van der Waals surface area contributed by atoms with Gasteiger partial charge in [0.1, 0.15) is 18.6 Å². The Morgan fingerprint density at radius 2 is 2.10 bits per heavy atom. The molecule has 1 N–H and O–H groups in total. The number of rotatable bonds is 4. The Bertz CT molecular complexity index is 705. The second-order valence-electron chi connectivity index (χ2n) is 4.70. The average molecular weight is 269 g/mol. The molecule has 1 atom stereocenters. The van der Waals surface area contributed by atoms with Crippen LogP contribution in [0.2, 0.25) is 0 Å². The van der Waals surface area contributed by atoms with Crippen molar-refractivity contribution in [3.05, 3.63) is 60.0 Å². The molecule has 0 aliphatic heterocycles. The minimum absolute atomic E-state index is 0.358. The molecule has 0 aliphatic carbocycles. The highest BCUT2D eigenvalue weighted by Gasteiger charge is 2.13. The van der Waals surface area contributed by atoms with Crippen LogP contribution in [-0.4, -0.2) is 10.3 Å². The van der Waals surface area contributed by atoms with Crippen LogP contribution in [0.25, 0.3) is 10.8 Å². The summed E-state index contributed by atoms with van der Waals surface area (Å²) in [5, 5.41) is 15.6. The second-order valence-corrected chi connectivity index (χ2v) is 4.70. The number of aliphatic hydroxyl groups excluding tert-OH is 1. The molecule has 0 saturated heterocycles. The van der Waals surface area contributed by atoms with Gasteiger partial charge in [-0.05, 0) is 12.3 Å². The quantitative estimate of drug-likeness (QED) is 0.788. The fraction of sp³-hybridized carbons (Fsp3) is 0.188. The molecule has 0 fully saturated rings. The van der Waals surface area contributed by atoms with Crippen molar-refractivity contribution in [1.29, 1.82) is 0 Å². The number of hydrogen-bond acceptors (Lipinski definition) is 4. The van der Waals surface area contributed by atoms with E-state index in [2.05, 4.69) is 5.16 Å². The summed E-state index contributed by atoms with van der Waals surface area (Å²) in [6.45, 7) is 2.09. The number of hydrogen-bond donors (Lipinski definition) is 1. The van der Waals surface area contributed by atoms with Gasteiger partial charge >= 0.3 is 0 Å². The summed E-state index contributed by atoms with van der Waals surface area (Å²) in [6.07, 6.45) is 2.58. The van der Waals surface area contributed by atoms with Crippen LogP contribution in [0.3, 0.4) is 0 Å².